The highest BCUT2D eigenvalue weighted by atomic mass is 32.1. The summed E-state index contributed by atoms with van der Waals surface area (Å²) in [7, 11) is 1.71. The Labute approximate surface area is 150 Å². The number of aliphatic imine (C=N–C) groups is 1. The zero-order valence-electron chi connectivity index (χ0n) is 15.2. The molecule has 0 bridgehead atoms. The Morgan fingerprint density at radius 1 is 1.33 bits per heavy atom. The Hall–Kier alpha value is -1.11. The van der Waals surface area contributed by atoms with Gasteiger partial charge in [-0.1, -0.05) is 6.92 Å². The van der Waals surface area contributed by atoms with E-state index >= 15 is 0 Å². The van der Waals surface area contributed by atoms with Gasteiger partial charge < -0.3 is 19.7 Å². The summed E-state index contributed by atoms with van der Waals surface area (Å²) in [6.07, 6.45) is 2.27. The van der Waals surface area contributed by atoms with E-state index in [2.05, 4.69) is 36.2 Å². The van der Waals surface area contributed by atoms with Crippen LogP contribution in [0.25, 0.3) is 0 Å². The number of ether oxygens (including phenoxy) is 2. The normalized spacial score (nSPS) is 18.4. The largest absolute Gasteiger partial charge is 0.382 e. The number of methoxy groups -OCH3 is 1. The van der Waals surface area contributed by atoms with Crippen LogP contribution in [-0.4, -0.2) is 57.4 Å². The smallest absolute Gasteiger partial charge is 0.194 e. The highest BCUT2D eigenvalue weighted by Gasteiger charge is 2.24. The Morgan fingerprint density at radius 2 is 2.17 bits per heavy atom. The molecular weight excluding hydrogens is 322 g/mol. The molecule has 136 valence electrons. The van der Waals surface area contributed by atoms with Crippen molar-refractivity contribution in [1.82, 2.24) is 10.2 Å². The number of rotatable bonds is 9. The first-order valence-corrected chi connectivity index (χ1v) is 9.76. The van der Waals surface area contributed by atoms with Gasteiger partial charge in [0, 0.05) is 42.4 Å². The zero-order valence-corrected chi connectivity index (χ0v) is 16.0. The molecule has 1 aliphatic heterocycles. The van der Waals surface area contributed by atoms with Crippen molar-refractivity contribution in [2.24, 2.45) is 10.9 Å². The van der Waals surface area contributed by atoms with Crippen molar-refractivity contribution in [3.8, 4) is 0 Å². The van der Waals surface area contributed by atoms with Gasteiger partial charge >= 0.3 is 0 Å². The van der Waals surface area contributed by atoms with Gasteiger partial charge in [0.25, 0.3) is 0 Å². The lowest BCUT2D eigenvalue weighted by Gasteiger charge is -2.21. The van der Waals surface area contributed by atoms with Crippen molar-refractivity contribution in [1.29, 1.82) is 0 Å². The Balaban J connectivity index is 1.84. The molecule has 1 unspecified atom stereocenters. The summed E-state index contributed by atoms with van der Waals surface area (Å²) in [6, 6.07) is 4.42. The maximum atomic E-state index is 5.68. The molecule has 0 aromatic carbocycles. The highest BCUT2D eigenvalue weighted by molar-refractivity contribution is 7.11. The first-order valence-electron chi connectivity index (χ1n) is 8.94. The highest BCUT2D eigenvalue weighted by Crippen LogP contribution is 2.19. The Morgan fingerprint density at radius 3 is 2.88 bits per heavy atom. The van der Waals surface area contributed by atoms with Crippen LogP contribution in [0.1, 0.15) is 30.0 Å². The number of hydrogen-bond donors (Lipinski definition) is 1. The van der Waals surface area contributed by atoms with Crippen LogP contribution < -0.4 is 5.32 Å². The summed E-state index contributed by atoms with van der Waals surface area (Å²) in [4.78, 5) is 9.97. The molecular formula is C18H31N3O2S. The topological polar surface area (TPSA) is 46.1 Å². The van der Waals surface area contributed by atoms with Crippen LogP contribution in [0.2, 0.25) is 0 Å². The van der Waals surface area contributed by atoms with Gasteiger partial charge in [0.1, 0.15) is 0 Å². The Kier molecular flexibility index (Phi) is 8.56. The molecule has 5 nitrogen and oxygen atoms in total. The van der Waals surface area contributed by atoms with E-state index in [-0.39, 0.29) is 0 Å². The summed E-state index contributed by atoms with van der Waals surface area (Å²) >= 11 is 1.87. The van der Waals surface area contributed by atoms with Gasteiger partial charge in [-0.05, 0) is 31.9 Å². The predicted molar refractivity (Wildman–Crippen MR) is 101 cm³/mol. The van der Waals surface area contributed by atoms with Crippen LogP contribution in [-0.2, 0) is 22.4 Å². The van der Waals surface area contributed by atoms with E-state index in [1.807, 2.05) is 11.3 Å². The molecule has 24 heavy (non-hydrogen) atoms. The molecule has 0 amide bonds. The lowest BCUT2D eigenvalue weighted by Crippen LogP contribution is -2.40. The van der Waals surface area contributed by atoms with E-state index in [1.165, 1.54) is 9.75 Å². The molecule has 6 heteroatoms. The van der Waals surface area contributed by atoms with E-state index in [9.17, 15) is 0 Å². The van der Waals surface area contributed by atoms with Gasteiger partial charge in [0.05, 0.1) is 26.4 Å². The number of hydrogen-bond acceptors (Lipinski definition) is 4. The standard InChI is InChI=1S/C18H31N3O2S/c1-4-16-6-7-17(24-16)12-20-18(19-5-2)21-9-8-15(13-21)14-23-11-10-22-3/h6-7,15H,4-5,8-14H2,1-3H3,(H,19,20). The number of likely N-dealkylation sites (tertiary alicyclic amines) is 1. The third-order valence-electron chi connectivity index (χ3n) is 4.16. The molecule has 0 aliphatic carbocycles. The minimum absolute atomic E-state index is 0.583. The lowest BCUT2D eigenvalue weighted by molar-refractivity contribution is 0.0536. The fraction of sp³-hybridized carbons (Fsp3) is 0.722. The van der Waals surface area contributed by atoms with Crippen molar-refractivity contribution in [2.45, 2.75) is 33.2 Å². The number of nitrogens with zero attached hydrogens (tertiary/aromatic N) is 2. The fourth-order valence-electron chi connectivity index (χ4n) is 2.83. The molecule has 1 aromatic rings. The quantitative estimate of drug-likeness (QED) is 0.421. The van der Waals surface area contributed by atoms with Gasteiger partial charge in [-0.3, -0.25) is 0 Å². The third-order valence-corrected chi connectivity index (χ3v) is 5.37. The number of aryl methyl sites for hydroxylation is 1. The lowest BCUT2D eigenvalue weighted by atomic mass is 10.1. The summed E-state index contributed by atoms with van der Waals surface area (Å²) in [5.41, 5.74) is 0. The average Bonchev–Trinajstić information content (AvgIpc) is 3.25. The van der Waals surface area contributed by atoms with Crippen molar-refractivity contribution in [3.05, 3.63) is 21.9 Å². The first kappa shape index (κ1) is 19.2. The van der Waals surface area contributed by atoms with E-state index in [1.54, 1.807) is 7.11 Å². The molecule has 0 saturated carbocycles. The molecule has 1 N–H and O–H groups in total. The van der Waals surface area contributed by atoms with E-state index in [0.717, 1.165) is 51.6 Å². The molecule has 2 rings (SSSR count). The van der Waals surface area contributed by atoms with Crippen LogP contribution >= 0.6 is 11.3 Å². The summed E-state index contributed by atoms with van der Waals surface area (Å²) < 4.78 is 10.7. The predicted octanol–water partition coefficient (Wildman–Crippen LogP) is 2.76. The minimum atomic E-state index is 0.583. The van der Waals surface area contributed by atoms with Gasteiger partial charge in [0.2, 0.25) is 0 Å². The molecule has 1 atom stereocenters. The maximum absolute atomic E-state index is 5.68. The van der Waals surface area contributed by atoms with Crippen LogP contribution in [0.5, 0.6) is 0 Å². The van der Waals surface area contributed by atoms with Crippen molar-refractivity contribution in [3.63, 3.8) is 0 Å². The third kappa shape index (κ3) is 6.07. The number of nitrogens with one attached hydrogen (secondary N) is 1. The van der Waals surface area contributed by atoms with Gasteiger partial charge in [-0.15, -0.1) is 11.3 Å². The van der Waals surface area contributed by atoms with Crippen molar-refractivity contribution in [2.75, 3.05) is 46.6 Å². The van der Waals surface area contributed by atoms with Crippen LogP contribution in [0.4, 0.5) is 0 Å². The van der Waals surface area contributed by atoms with E-state index in [0.29, 0.717) is 19.1 Å². The summed E-state index contributed by atoms with van der Waals surface area (Å²) in [5, 5.41) is 3.43. The second-order valence-electron chi connectivity index (χ2n) is 6.06. The average molecular weight is 354 g/mol. The molecule has 0 spiro atoms. The molecule has 1 fully saturated rings. The van der Waals surface area contributed by atoms with Crippen LogP contribution in [0, 0.1) is 5.92 Å². The van der Waals surface area contributed by atoms with Crippen LogP contribution in [0.15, 0.2) is 17.1 Å². The number of thiophene rings is 1. The molecule has 2 heterocycles. The van der Waals surface area contributed by atoms with E-state index < -0.39 is 0 Å². The van der Waals surface area contributed by atoms with Crippen molar-refractivity contribution < 1.29 is 9.47 Å². The molecule has 1 aromatic heterocycles. The Bertz CT molecular complexity index is 504. The maximum Gasteiger partial charge on any atom is 0.194 e. The zero-order chi connectivity index (χ0) is 17.2. The van der Waals surface area contributed by atoms with E-state index in [4.69, 9.17) is 14.5 Å². The SMILES string of the molecule is CCNC(=NCc1ccc(CC)s1)N1CCC(COCCOC)C1. The molecule has 1 aliphatic rings. The fourth-order valence-corrected chi connectivity index (χ4v) is 3.71. The second-order valence-corrected chi connectivity index (χ2v) is 7.31. The monoisotopic (exact) mass is 353 g/mol. The van der Waals surface area contributed by atoms with Gasteiger partial charge in [0.15, 0.2) is 5.96 Å². The minimum Gasteiger partial charge on any atom is -0.382 e. The molecule has 0 radical (unpaired) electrons. The summed E-state index contributed by atoms with van der Waals surface area (Å²) in [6.45, 7) is 10.2. The van der Waals surface area contributed by atoms with Crippen molar-refractivity contribution >= 4 is 17.3 Å². The first-order chi connectivity index (χ1) is 11.8. The van der Waals surface area contributed by atoms with Gasteiger partial charge in [-0.2, -0.15) is 0 Å². The molecule has 1 saturated heterocycles. The summed E-state index contributed by atoms with van der Waals surface area (Å²) in [5.74, 6) is 1.61. The second kappa shape index (κ2) is 10.7. The van der Waals surface area contributed by atoms with Crippen LogP contribution in [0.3, 0.4) is 0 Å². The van der Waals surface area contributed by atoms with Gasteiger partial charge in [-0.25, -0.2) is 4.99 Å². The number of guanidine groups is 1.